The van der Waals surface area contributed by atoms with Crippen molar-refractivity contribution in [3.63, 3.8) is 0 Å². The number of carbonyl (C=O) groups excluding carboxylic acids is 1. The van der Waals surface area contributed by atoms with Gasteiger partial charge in [0.2, 0.25) is 0 Å². The Hall–Kier alpha value is -2.29. The fourth-order valence-corrected chi connectivity index (χ4v) is 2.29. The predicted octanol–water partition coefficient (Wildman–Crippen LogP) is 3.30. The number of aryl methyl sites for hydroxylation is 2. The molecule has 0 aliphatic rings. The zero-order valence-electron chi connectivity index (χ0n) is 13.1. The van der Waals surface area contributed by atoms with Crippen LogP contribution in [-0.4, -0.2) is 20.0 Å². The molecule has 110 valence electrons. The highest BCUT2D eigenvalue weighted by atomic mass is 16.1. The van der Waals surface area contributed by atoms with E-state index in [-0.39, 0.29) is 5.91 Å². The maximum atomic E-state index is 12.2. The molecule has 0 spiro atoms. The molecule has 2 rings (SSSR count). The monoisotopic (exact) mass is 282 g/mol. The average molecular weight is 282 g/mol. The molecular formula is C18H22N2O. The number of amides is 1. The first-order valence-corrected chi connectivity index (χ1v) is 7.09. The number of hydrogen-bond donors (Lipinski definition) is 1. The molecule has 0 saturated carbocycles. The Labute approximate surface area is 126 Å². The van der Waals surface area contributed by atoms with Gasteiger partial charge in [0, 0.05) is 31.9 Å². The van der Waals surface area contributed by atoms with Gasteiger partial charge in [-0.1, -0.05) is 29.8 Å². The molecule has 2 aromatic carbocycles. The van der Waals surface area contributed by atoms with Crippen LogP contribution in [-0.2, 0) is 6.54 Å². The predicted molar refractivity (Wildman–Crippen MR) is 87.9 cm³/mol. The third-order valence-electron chi connectivity index (χ3n) is 3.51. The van der Waals surface area contributed by atoms with Crippen molar-refractivity contribution >= 4 is 11.6 Å². The molecule has 1 N–H and O–H groups in total. The minimum Gasteiger partial charge on any atom is -0.377 e. The van der Waals surface area contributed by atoms with E-state index in [1.807, 2.05) is 56.3 Å². The number of nitrogens with zero attached hydrogens (tertiary/aromatic N) is 1. The molecule has 0 aromatic heterocycles. The Morgan fingerprint density at radius 3 is 2.29 bits per heavy atom. The van der Waals surface area contributed by atoms with Crippen molar-refractivity contribution in [2.45, 2.75) is 20.4 Å². The van der Waals surface area contributed by atoms with E-state index in [2.05, 4.69) is 24.4 Å². The van der Waals surface area contributed by atoms with E-state index in [9.17, 15) is 4.79 Å². The zero-order chi connectivity index (χ0) is 15.4. The topological polar surface area (TPSA) is 32.3 Å². The van der Waals surface area contributed by atoms with Crippen molar-refractivity contribution in [2.24, 2.45) is 0 Å². The van der Waals surface area contributed by atoms with Gasteiger partial charge in [-0.05, 0) is 43.2 Å². The van der Waals surface area contributed by atoms with Gasteiger partial charge < -0.3 is 10.2 Å². The van der Waals surface area contributed by atoms with Crippen molar-refractivity contribution in [3.8, 4) is 0 Å². The van der Waals surface area contributed by atoms with Crippen LogP contribution in [0.5, 0.6) is 0 Å². The molecule has 0 aliphatic heterocycles. The van der Waals surface area contributed by atoms with Crippen LogP contribution in [0.4, 0.5) is 5.69 Å². The summed E-state index contributed by atoms with van der Waals surface area (Å²) in [4.78, 5) is 14.2. The molecule has 0 bridgehead atoms. The maximum Gasteiger partial charge on any atom is 0.251 e. The van der Waals surface area contributed by atoms with Gasteiger partial charge in [0.05, 0.1) is 0 Å². The molecule has 0 atom stereocenters. The number of anilines is 1. The summed E-state index contributed by atoms with van der Waals surface area (Å²) in [7, 11) is 4.00. The van der Waals surface area contributed by atoms with E-state index in [0.717, 1.165) is 16.8 Å². The summed E-state index contributed by atoms with van der Waals surface area (Å²) in [6.45, 7) is 4.62. The zero-order valence-corrected chi connectivity index (χ0v) is 13.1. The Morgan fingerprint density at radius 1 is 1.05 bits per heavy atom. The van der Waals surface area contributed by atoms with Gasteiger partial charge in [-0.15, -0.1) is 0 Å². The van der Waals surface area contributed by atoms with Gasteiger partial charge in [0.1, 0.15) is 0 Å². The first kappa shape index (κ1) is 15.1. The number of carbonyl (C=O) groups is 1. The molecule has 0 radical (unpaired) electrons. The van der Waals surface area contributed by atoms with Gasteiger partial charge in [-0.25, -0.2) is 0 Å². The first-order valence-electron chi connectivity index (χ1n) is 7.09. The molecule has 0 heterocycles. The molecule has 0 fully saturated rings. The van der Waals surface area contributed by atoms with Gasteiger partial charge in [-0.3, -0.25) is 4.79 Å². The van der Waals surface area contributed by atoms with Crippen LogP contribution in [0.3, 0.4) is 0 Å². The van der Waals surface area contributed by atoms with Crippen LogP contribution in [0.15, 0.2) is 42.5 Å². The van der Waals surface area contributed by atoms with E-state index in [1.165, 1.54) is 5.56 Å². The minimum atomic E-state index is -0.0380. The normalized spacial score (nSPS) is 10.3. The quantitative estimate of drug-likeness (QED) is 0.933. The fourth-order valence-electron chi connectivity index (χ4n) is 2.29. The Kier molecular flexibility index (Phi) is 4.63. The van der Waals surface area contributed by atoms with Gasteiger partial charge in [0.25, 0.3) is 5.91 Å². The molecular weight excluding hydrogens is 260 g/mol. The lowest BCUT2D eigenvalue weighted by Crippen LogP contribution is -2.23. The summed E-state index contributed by atoms with van der Waals surface area (Å²) in [6.07, 6.45) is 0. The van der Waals surface area contributed by atoms with Crippen LogP contribution in [0.1, 0.15) is 27.0 Å². The van der Waals surface area contributed by atoms with Crippen LogP contribution in [0.25, 0.3) is 0 Å². The highest BCUT2D eigenvalue weighted by molar-refractivity contribution is 5.94. The summed E-state index contributed by atoms with van der Waals surface area (Å²) in [6, 6.07) is 14.0. The maximum absolute atomic E-state index is 12.2. The fraction of sp³-hybridized carbons (Fsp3) is 0.278. The molecule has 2 aromatic rings. The Bertz CT molecular complexity index is 630. The molecule has 1 amide bonds. The van der Waals surface area contributed by atoms with Gasteiger partial charge in [0.15, 0.2) is 0 Å². The van der Waals surface area contributed by atoms with E-state index in [4.69, 9.17) is 0 Å². The molecule has 0 unspecified atom stereocenters. The lowest BCUT2D eigenvalue weighted by Gasteiger charge is -2.16. The minimum absolute atomic E-state index is 0.0380. The molecule has 0 saturated heterocycles. The summed E-state index contributed by atoms with van der Waals surface area (Å²) >= 11 is 0. The van der Waals surface area contributed by atoms with E-state index in [1.54, 1.807) is 0 Å². The SMILES string of the molecule is Cc1ccc(CNC(=O)c2ccc(N(C)C)c(C)c2)cc1. The van der Waals surface area contributed by atoms with E-state index >= 15 is 0 Å². The lowest BCUT2D eigenvalue weighted by molar-refractivity contribution is 0.0951. The Morgan fingerprint density at radius 2 is 1.71 bits per heavy atom. The summed E-state index contributed by atoms with van der Waals surface area (Å²) in [5, 5.41) is 2.96. The van der Waals surface area contributed by atoms with Crippen molar-refractivity contribution < 1.29 is 4.79 Å². The van der Waals surface area contributed by atoms with Crippen molar-refractivity contribution in [1.82, 2.24) is 5.32 Å². The highest BCUT2D eigenvalue weighted by Crippen LogP contribution is 2.19. The third-order valence-corrected chi connectivity index (χ3v) is 3.51. The Balaban J connectivity index is 2.03. The number of rotatable bonds is 4. The van der Waals surface area contributed by atoms with Crippen molar-refractivity contribution in [1.29, 1.82) is 0 Å². The molecule has 21 heavy (non-hydrogen) atoms. The number of nitrogens with one attached hydrogen (secondary N) is 1. The second kappa shape index (κ2) is 6.44. The third kappa shape index (κ3) is 3.85. The molecule has 0 aliphatic carbocycles. The van der Waals surface area contributed by atoms with Gasteiger partial charge in [-0.2, -0.15) is 0 Å². The number of hydrogen-bond acceptors (Lipinski definition) is 2. The summed E-state index contributed by atoms with van der Waals surface area (Å²) < 4.78 is 0. The van der Waals surface area contributed by atoms with Crippen molar-refractivity contribution in [2.75, 3.05) is 19.0 Å². The van der Waals surface area contributed by atoms with Crippen LogP contribution >= 0.6 is 0 Å². The number of benzene rings is 2. The van der Waals surface area contributed by atoms with Crippen LogP contribution in [0.2, 0.25) is 0 Å². The summed E-state index contributed by atoms with van der Waals surface area (Å²) in [5.74, 6) is -0.0380. The van der Waals surface area contributed by atoms with Gasteiger partial charge >= 0.3 is 0 Å². The summed E-state index contributed by atoms with van der Waals surface area (Å²) in [5.41, 5.74) is 5.26. The van der Waals surface area contributed by atoms with Crippen LogP contribution < -0.4 is 10.2 Å². The standard InChI is InChI=1S/C18H22N2O/c1-13-5-7-15(8-6-13)12-19-18(21)16-9-10-17(20(3)4)14(2)11-16/h5-11H,12H2,1-4H3,(H,19,21). The van der Waals surface area contributed by atoms with Crippen molar-refractivity contribution in [3.05, 3.63) is 64.7 Å². The second-order valence-corrected chi connectivity index (χ2v) is 5.56. The lowest BCUT2D eigenvalue weighted by atomic mass is 10.1. The molecule has 3 nitrogen and oxygen atoms in total. The first-order chi connectivity index (χ1) is 9.97. The van der Waals surface area contributed by atoms with E-state index < -0.39 is 0 Å². The second-order valence-electron chi connectivity index (χ2n) is 5.56. The highest BCUT2D eigenvalue weighted by Gasteiger charge is 2.08. The van der Waals surface area contributed by atoms with Crippen LogP contribution in [0, 0.1) is 13.8 Å². The largest absolute Gasteiger partial charge is 0.377 e. The average Bonchev–Trinajstić information content (AvgIpc) is 2.45. The smallest absolute Gasteiger partial charge is 0.251 e. The van der Waals surface area contributed by atoms with E-state index in [0.29, 0.717) is 12.1 Å². The molecule has 3 heteroatoms.